The predicted octanol–water partition coefficient (Wildman–Crippen LogP) is 3.14. The number of hydrogen-bond acceptors (Lipinski definition) is 8. The number of pyridine rings is 2. The molecule has 2 saturated heterocycles. The number of nitrogens with zero attached hydrogens (tertiary/aromatic N) is 5. The fourth-order valence-corrected chi connectivity index (χ4v) is 4.72. The molecule has 168 valence electrons. The highest BCUT2D eigenvalue weighted by Crippen LogP contribution is 2.36. The SMILES string of the molecule is Cc1cc(-c2cccn3nc(Nc4cccnn4)cc23)c(OC2CC3COCC(C2)N3)cn1. The largest absolute Gasteiger partial charge is 0.488 e. The van der Waals surface area contributed by atoms with Crippen molar-refractivity contribution in [1.29, 1.82) is 0 Å². The fourth-order valence-electron chi connectivity index (χ4n) is 4.72. The Balaban J connectivity index is 1.34. The van der Waals surface area contributed by atoms with Crippen LogP contribution in [-0.4, -0.2) is 56.2 Å². The lowest BCUT2D eigenvalue weighted by atomic mass is 9.94. The van der Waals surface area contributed by atoms with Crippen molar-refractivity contribution in [2.75, 3.05) is 18.5 Å². The van der Waals surface area contributed by atoms with Crippen LogP contribution in [0.25, 0.3) is 16.6 Å². The summed E-state index contributed by atoms with van der Waals surface area (Å²) >= 11 is 0. The molecule has 9 nitrogen and oxygen atoms in total. The molecule has 0 spiro atoms. The summed E-state index contributed by atoms with van der Waals surface area (Å²) in [6, 6.07) is 12.6. The van der Waals surface area contributed by atoms with Gasteiger partial charge in [0.25, 0.3) is 0 Å². The highest BCUT2D eigenvalue weighted by atomic mass is 16.5. The van der Waals surface area contributed by atoms with Gasteiger partial charge in [-0.15, -0.1) is 5.10 Å². The van der Waals surface area contributed by atoms with E-state index in [9.17, 15) is 0 Å². The lowest BCUT2D eigenvalue weighted by Crippen LogP contribution is -2.56. The van der Waals surface area contributed by atoms with Crippen LogP contribution in [0.5, 0.6) is 5.75 Å². The molecule has 0 aromatic carbocycles. The number of morpholine rings is 1. The minimum absolute atomic E-state index is 0.131. The Morgan fingerprint density at radius 3 is 2.79 bits per heavy atom. The van der Waals surface area contributed by atoms with Gasteiger partial charge in [0.05, 0.1) is 24.9 Å². The van der Waals surface area contributed by atoms with Gasteiger partial charge in [-0.1, -0.05) is 6.07 Å². The standard InChI is InChI=1S/C24H25N7O2/c1-15-8-20(22(12-25-15)33-18-9-16-13-32-14-17(10-18)27-16)19-4-3-7-31-21(19)11-24(30-31)28-23-5-2-6-26-29-23/h2-8,11-12,16-18,27H,9-10,13-14H2,1H3,(H,28,29,30). The third kappa shape index (κ3) is 4.12. The minimum Gasteiger partial charge on any atom is -0.488 e. The van der Waals surface area contributed by atoms with Gasteiger partial charge in [0.15, 0.2) is 11.6 Å². The Labute approximate surface area is 191 Å². The molecule has 2 bridgehead atoms. The summed E-state index contributed by atoms with van der Waals surface area (Å²) in [5.74, 6) is 2.14. The van der Waals surface area contributed by atoms with Crippen LogP contribution in [0.1, 0.15) is 18.5 Å². The van der Waals surface area contributed by atoms with E-state index in [1.807, 2.05) is 48.1 Å². The van der Waals surface area contributed by atoms with E-state index in [4.69, 9.17) is 9.47 Å². The molecule has 0 amide bonds. The maximum Gasteiger partial charge on any atom is 0.154 e. The molecule has 6 heterocycles. The molecule has 6 rings (SSSR count). The van der Waals surface area contributed by atoms with Crippen molar-refractivity contribution in [2.24, 2.45) is 0 Å². The summed E-state index contributed by atoms with van der Waals surface area (Å²) in [6.45, 7) is 3.48. The number of aromatic nitrogens is 5. The van der Waals surface area contributed by atoms with Crippen LogP contribution in [0.4, 0.5) is 11.6 Å². The van der Waals surface area contributed by atoms with E-state index in [-0.39, 0.29) is 6.10 Å². The first-order valence-electron chi connectivity index (χ1n) is 11.2. The predicted molar refractivity (Wildman–Crippen MR) is 124 cm³/mol. The van der Waals surface area contributed by atoms with Crippen molar-refractivity contribution in [3.8, 4) is 16.9 Å². The van der Waals surface area contributed by atoms with Crippen molar-refractivity contribution in [1.82, 2.24) is 30.1 Å². The van der Waals surface area contributed by atoms with E-state index in [0.717, 1.165) is 54.1 Å². The molecule has 4 aromatic rings. The molecule has 0 saturated carbocycles. The van der Waals surface area contributed by atoms with Crippen molar-refractivity contribution in [2.45, 2.75) is 38.0 Å². The van der Waals surface area contributed by atoms with Crippen LogP contribution in [0.2, 0.25) is 0 Å². The fraction of sp³-hybridized carbons (Fsp3) is 0.333. The summed E-state index contributed by atoms with van der Waals surface area (Å²) < 4.78 is 14.1. The van der Waals surface area contributed by atoms with Crippen LogP contribution in [-0.2, 0) is 4.74 Å². The van der Waals surface area contributed by atoms with Gasteiger partial charge >= 0.3 is 0 Å². The number of piperidine rings is 1. The van der Waals surface area contributed by atoms with Gasteiger partial charge in [-0.05, 0) is 31.2 Å². The van der Waals surface area contributed by atoms with E-state index in [1.54, 1.807) is 6.20 Å². The third-order valence-electron chi connectivity index (χ3n) is 6.12. The van der Waals surface area contributed by atoms with E-state index in [0.29, 0.717) is 23.7 Å². The maximum absolute atomic E-state index is 6.56. The third-order valence-corrected chi connectivity index (χ3v) is 6.12. The van der Waals surface area contributed by atoms with Crippen LogP contribution < -0.4 is 15.4 Å². The first-order chi connectivity index (χ1) is 16.2. The van der Waals surface area contributed by atoms with E-state index >= 15 is 0 Å². The topological polar surface area (TPSA) is 98.5 Å². The van der Waals surface area contributed by atoms with Gasteiger partial charge in [0, 0.05) is 60.2 Å². The Bertz CT molecular complexity index is 1260. The molecule has 2 unspecified atom stereocenters. The number of nitrogens with one attached hydrogen (secondary N) is 2. The molecule has 2 N–H and O–H groups in total. The van der Waals surface area contributed by atoms with Gasteiger partial charge in [-0.25, -0.2) is 4.52 Å². The molecule has 9 heteroatoms. The normalized spacial score (nSPS) is 22.3. The average Bonchev–Trinajstić information content (AvgIpc) is 3.23. The molecule has 2 fully saturated rings. The van der Waals surface area contributed by atoms with Gasteiger partial charge in [0.1, 0.15) is 11.9 Å². The summed E-state index contributed by atoms with van der Waals surface area (Å²) in [6.07, 6.45) is 7.40. The molecule has 4 aromatic heterocycles. The van der Waals surface area contributed by atoms with Gasteiger partial charge < -0.3 is 20.1 Å². The first-order valence-corrected chi connectivity index (χ1v) is 11.2. The Morgan fingerprint density at radius 1 is 1.09 bits per heavy atom. The Morgan fingerprint density at radius 2 is 1.97 bits per heavy atom. The van der Waals surface area contributed by atoms with E-state index < -0.39 is 0 Å². The highest BCUT2D eigenvalue weighted by Gasteiger charge is 2.33. The lowest BCUT2D eigenvalue weighted by molar-refractivity contribution is -0.0122. The van der Waals surface area contributed by atoms with Crippen molar-refractivity contribution < 1.29 is 9.47 Å². The zero-order valence-corrected chi connectivity index (χ0v) is 18.3. The second-order valence-electron chi connectivity index (χ2n) is 8.65. The second-order valence-corrected chi connectivity index (χ2v) is 8.65. The van der Waals surface area contributed by atoms with E-state index in [2.05, 4.69) is 43.0 Å². The molecular weight excluding hydrogens is 418 g/mol. The van der Waals surface area contributed by atoms with Gasteiger partial charge in [0.2, 0.25) is 0 Å². The quantitative estimate of drug-likeness (QED) is 0.485. The van der Waals surface area contributed by atoms with Crippen molar-refractivity contribution in [3.63, 3.8) is 0 Å². The number of fused-ring (bicyclic) bond motifs is 3. The van der Waals surface area contributed by atoms with Gasteiger partial charge in [-0.2, -0.15) is 10.2 Å². The van der Waals surface area contributed by atoms with Crippen molar-refractivity contribution in [3.05, 3.63) is 60.7 Å². The summed E-state index contributed by atoms with van der Waals surface area (Å²) in [5, 5.41) is 19.5. The Kier molecular flexibility index (Phi) is 5.12. The van der Waals surface area contributed by atoms with Gasteiger partial charge in [-0.3, -0.25) is 4.98 Å². The summed E-state index contributed by atoms with van der Waals surface area (Å²) in [5.41, 5.74) is 3.96. The molecule has 2 aliphatic rings. The van der Waals surface area contributed by atoms with Crippen LogP contribution in [0, 0.1) is 6.92 Å². The average molecular weight is 444 g/mol. The van der Waals surface area contributed by atoms with Crippen LogP contribution in [0.15, 0.2) is 55.0 Å². The monoisotopic (exact) mass is 443 g/mol. The number of ether oxygens (including phenoxy) is 2. The Hall–Kier alpha value is -3.56. The zero-order chi connectivity index (χ0) is 22.2. The number of anilines is 2. The molecule has 2 aliphatic heterocycles. The van der Waals surface area contributed by atoms with Crippen LogP contribution >= 0.6 is 0 Å². The zero-order valence-electron chi connectivity index (χ0n) is 18.3. The molecule has 2 atom stereocenters. The first kappa shape index (κ1) is 20.1. The molecular formula is C24H25N7O2. The number of hydrogen-bond donors (Lipinski definition) is 2. The van der Waals surface area contributed by atoms with E-state index in [1.165, 1.54) is 0 Å². The highest BCUT2D eigenvalue weighted by molar-refractivity contribution is 5.85. The summed E-state index contributed by atoms with van der Waals surface area (Å²) in [7, 11) is 0. The second kappa shape index (κ2) is 8.42. The summed E-state index contributed by atoms with van der Waals surface area (Å²) in [4.78, 5) is 4.53. The molecule has 33 heavy (non-hydrogen) atoms. The maximum atomic E-state index is 6.56. The van der Waals surface area contributed by atoms with Crippen LogP contribution in [0.3, 0.4) is 0 Å². The molecule has 0 radical (unpaired) electrons. The molecule has 0 aliphatic carbocycles. The number of rotatable bonds is 5. The number of aryl methyl sites for hydroxylation is 1. The van der Waals surface area contributed by atoms with Crippen molar-refractivity contribution >= 4 is 17.2 Å². The smallest absolute Gasteiger partial charge is 0.154 e. The minimum atomic E-state index is 0.131. The lowest BCUT2D eigenvalue weighted by Gasteiger charge is -2.40.